The molecule has 0 fully saturated rings. The van der Waals surface area contributed by atoms with Crippen LogP contribution in [0.15, 0.2) is 48.7 Å². The number of hydrogen-bond donors (Lipinski definition) is 4. The first kappa shape index (κ1) is 16.6. The van der Waals surface area contributed by atoms with Crippen LogP contribution in [0.25, 0.3) is 11.3 Å². The van der Waals surface area contributed by atoms with Gasteiger partial charge in [-0.2, -0.15) is 0 Å². The van der Waals surface area contributed by atoms with Gasteiger partial charge in [0.25, 0.3) is 0 Å². The van der Waals surface area contributed by atoms with E-state index in [0.717, 1.165) is 22.6 Å². The fourth-order valence-electron chi connectivity index (χ4n) is 2.12. The zero-order chi connectivity index (χ0) is 17.1. The van der Waals surface area contributed by atoms with E-state index in [0.29, 0.717) is 21.1 Å². The minimum atomic E-state index is 0.375. The number of anilines is 3. The summed E-state index contributed by atoms with van der Waals surface area (Å²) in [5.41, 5.74) is 8.97. The number of nitrogen functional groups attached to an aromatic ring is 1. The van der Waals surface area contributed by atoms with Crippen molar-refractivity contribution in [1.82, 2.24) is 9.97 Å². The lowest BCUT2D eigenvalue weighted by atomic mass is 10.1. The number of rotatable bonds is 3. The van der Waals surface area contributed by atoms with E-state index in [4.69, 9.17) is 41.2 Å². The second kappa shape index (κ2) is 7.09. The average molecular weight is 378 g/mol. The zero-order valence-electron chi connectivity index (χ0n) is 12.3. The highest BCUT2D eigenvalue weighted by molar-refractivity contribution is 7.80. The molecule has 5 nitrogen and oxygen atoms in total. The highest BCUT2D eigenvalue weighted by atomic mass is 35.5. The van der Waals surface area contributed by atoms with Crippen molar-refractivity contribution in [2.45, 2.75) is 0 Å². The number of aromatic amines is 1. The van der Waals surface area contributed by atoms with Crippen LogP contribution in [0.2, 0.25) is 10.0 Å². The summed E-state index contributed by atoms with van der Waals surface area (Å²) < 4.78 is 0. The van der Waals surface area contributed by atoms with Gasteiger partial charge in [-0.25, -0.2) is 4.98 Å². The van der Waals surface area contributed by atoms with Gasteiger partial charge in [-0.3, -0.25) is 0 Å². The Balaban J connectivity index is 1.71. The number of hydrogen-bond acceptors (Lipinski definition) is 3. The maximum Gasteiger partial charge on any atom is 0.197 e. The van der Waals surface area contributed by atoms with Gasteiger partial charge >= 0.3 is 0 Å². The molecule has 1 heterocycles. The highest BCUT2D eigenvalue weighted by Crippen LogP contribution is 2.25. The molecule has 3 rings (SSSR count). The van der Waals surface area contributed by atoms with Gasteiger partial charge in [-0.15, -0.1) is 0 Å². The summed E-state index contributed by atoms with van der Waals surface area (Å²) in [5, 5.41) is 7.57. The average Bonchev–Trinajstić information content (AvgIpc) is 2.98. The van der Waals surface area contributed by atoms with Crippen LogP contribution in [0.5, 0.6) is 0 Å². The number of nitrogens with one attached hydrogen (secondary N) is 3. The van der Waals surface area contributed by atoms with Crippen molar-refractivity contribution in [1.29, 1.82) is 0 Å². The van der Waals surface area contributed by atoms with E-state index in [1.54, 1.807) is 24.4 Å². The standard InChI is InChI=1S/C16H13Cl2N5S/c17-12-5-4-11(7-13(12)18)22-16(24)21-10-3-1-2-9(6-10)14-8-20-15(19)23-14/h1-8H,(H3,19,20,23)(H2,21,22,24). The number of thiocarbonyl (C=S) groups is 1. The fourth-order valence-corrected chi connectivity index (χ4v) is 2.65. The summed E-state index contributed by atoms with van der Waals surface area (Å²) >= 11 is 17.2. The molecule has 0 atom stereocenters. The molecule has 3 aromatic rings. The van der Waals surface area contributed by atoms with E-state index < -0.39 is 0 Å². The van der Waals surface area contributed by atoms with Gasteiger partial charge in [-0.05, 0) is 42.5 Å². The largest absolute Gasteiger partial charge is 0.369 e. The van der Waals surface area contributed by atoms with Crippen LogP contribution in [0.4, 0.5) is 17.3 Å². The first-order valence-corrected chi connectivity index (χ1v) is 8.11. The van der Waals surface area contributed by atoms with Crippen molar-refractivity contribution in [2.75, 3.05) is 16.4 Å². The minimum Gasteiger partial charge on any atom is -0.369 e. The number of imidazole rings is 1. The van der Waals surface area contributed by atoms with Crippen molar-refractivity contribution < 1.29 is 0 Å². The molecule has 0 saturated carbocycles. The predicted molar refractivity (Wildman–Crippen MR) is 105 cm³/mol. The third-order valence-corrected chi connectivity index (χ3v) is 4.15. The lowest BCUT2D eigenvalue weighted by molar-refractivity contribution is 1.33. The lowest BCUT2D eigenvalue weighted by Gasteiger charge is -2.12. The Morgan fingerprint density at radius 2 is 1.79 bits per heavy atom. The maximum atomic E-state index is 5.99. The molecule has 0 aliphatic heterocycles. The molecule has 0 unspecified atom stereocenters. The van der Waals surface area contributed by atoms with E-state index in [1.165, 1.54) is 0 Å². The van der Waals surface area contributed by atoms with E-state index in [-0.39, 0.29) is 0 Å². The summed E-state index contributed by atoms with van der Waals surface area (Å²) in [4.78, 5) is 6.98. The van der Waals surface area contributed by atoms with Crippen molar-refractivity contribution in [3.63, 3.8) is 0 Å². The molecule has 8 heteroatoms. The Kier molecular flexibility index (Phi) is 4.89. The van der Waals surface area contributed by atoms with Crippen LogP contribution in [0.3, 0.4) is 0 Å². The van der Waals surface area contributed by atoms with Crippen molar-refractivity contribution in [3.05, 3.63) is 58.7 Å². The van der Waals surface area contributed by atoms with Gasteiger partial charge in [0.1, 0.15) is 0 Å². The predicted octanol–water partition coefficient (Wildman–Crippen LogP) is 4.77. The Labute approximate surface area is 154 Å². The molecule has 1 aromatic heterocycles. The van der Waals surface area contributed by atoms with Crippen molar-refractivity contribution >= 4 is 57.9 Å². The fraction of sp³-hybridized carbons (Fsp3) is 0. The third kappa shape index (κ3) is 3.97. The summed E-state index contributed by atoms with van der Waals surface area (Å²) in [6, 6.07) is 12.9. The second-order valence-corrected chi connectivity index (χ2v) is 6.19. The van der Waals surface area contributed by atoms with Crippen LogP contribution in [0, 0.1) is 0 Å². The van der Waals surface area contributed by atoms with Crippen molar-refractivity contribution in [3.8, 4) is 11.3 Å². The molecule has 5 N–H and O–H groups in total. The van der Waals surface area contributed by atoms with Gasteiger partial charge in [0.15, 0.2) is 11.1 Å². The number of H-pyrrole nitrogens is 1. The van der Waals surface area contributed by atoms with Crippen LogP contribution >= 0.6 is 35.4 Å². The molecule has 0 aliphatic rings. The van der Waals surface area contributed by atoms with Gasteiger partial charge in [0.2, 0.25) is 0 Å². The van der Waals surface area contributed by atoms with Gasteiger partial charge in [-0.1, -0.05) is 35.3 Å². The van der Waals surface area contributed by atoms with E-state index >= 15 is 0 Å². The zero-order valence-corrected chi connectivity index (χ0v) is 14.6. The Morgan fingerprint density at radius 1 is 1.04 bits per heavy atom. The first-order valence-electron chi connectivity index (χ1n) is 6.95. The molecule has 0 aliphatic carbocycles. The SMILES string of the molecule is Nc1ncc(-c2cccc(NC(=S)Nc3ccc(Cl)c(Cl)c3)c2)[nH]1. The van der Waals surface area contributed by atoms with E-state index in [1.807, 2.05) is 24.3 Å². The molecule has 0 spiro atoms. The Bertz CT molecular complexity index is 894. The lowest BCUT2D eigenvalue weighted by Crippen LogP contribution is -2.19. The van der Waals surface area contributed by atoms with Crippen LogP contribution in [-0.4, -0.2) is 15.1 Å². The minimum absolute atomic E-state index is 0.375. The molecular formula is C16H13Cl2N5S. The van der Waals surface area contributed by atoms with Crippen LogP contribution in [0.1, 0.15) is 0 Å². The van der Waals surface area contributed by atoms with E-state index in [9.17, 15) is 0 Å². The normalized spacial score (nSPS) is 10.4. The summed E-state index contributed by atoms with van der Waals surface area (Å²) in [6.45, 7) is 0. The molecule has 0 saturated heterocycles. The topological polar surface area (TPSA) is 78.8 Å². The van der Waals surface area contributed by atoms with Crippen LogP contribution in [-0.2, 0) is 0 Å². The number of halogens is 2. The third-order valence-electron chi connectivity index (χ3n) is 3.20. The van der Waals surface area contributed by atoms with Gasteiger partial charge < -0.3 is 21.4 Å². The molecule has 122 valence electrons. The summed E-state index contributed by atoms with van der Waals surface area (Å²) in [5.74, 6) is 0.375. The number of benzene rings is 2. The summed E-state index contributed by atoms with van der Waals surface area (Å²) in [6.07, 6.45) is 1.68. The Morgan fingerprint density at radius 3 is 2.46 bits per heavy atom. The molecule has 0 radical (unpaired) electrons. The molecule has 0 bridgehead atoms. The quantitative estimate of drug-likeness (QED) is 0.494. The summed E-state index contributed by atoms with van der Waals surface area (Å²) in [7, 11) is 0. The monoisotopic (exact) mass is 377 g/mol. The van der Waals surface area contributed by atoms with E-state index in [2.05, 4.69) is 20.6 Å². The van der Waals surface area contributed by atoms with Crippen molar-refractivity contribution in [2.24, 2.45) is 0 Å². The molecular weight excluding hydrogens is 365 g/mol. The number of aromatic nitrogens is 2. The molecule has 24 heavy (non-hydrogen) atoms. The smallest absolute Gasteiger partial charge is 0.197 e. The molecule has 0 amide bonds. The second-order valence-electron chi connectivity index (χ2n) is 4.97. The maximum absolute atomic E-state index is 5.99. The Hall–Kier alpha value is -2.28. The van der Waals surface area contributed by atoms with Crippen LogP contribution < -0.4 is 16.4 Å². The van der Waals surface area contributed by atoms with Gasteiger partial charge in [0, 0.05) is 16.9 Å². The highest BCUT2D eigenvalue weighted by Gasteiger charge is 2.05. The van der Waals surface area contributed by atoms with Gasteiger partial charge in [0.05, 0.1) is 21.9 Å². The number of nitrogens with two attached hydrogens (primary N) is 1. The first-order chi connectivity index (χ1) is 11.5. The number of nitrogens with zero attached hydrogens (tertiary/aromatic N) is 1. The molecule has 2 aromatic carbocycles.